The van der Waals surface area contributed by atoms with Crippen molar-refractivity contribution in [1.29, 1.82) is 0 Å². The number of hydrogen-bond donors (Lipinski definition) is 2. The lowest BCUT2D eigenvalue weighted by atomic mass is 10.2. The van der Waals surface area contributed by atoms with E-state index in [4.69, 9.17) is 21.8 Å². The lowest BCUT2D eigenvalue weighted by Crippen LogP contribution is -2.26. The van der Waals surface area contributed by atoms with E-state index in [1.807, 2.05) is 18.2 Å². The average Bonchev–Trinajstić information content (AvgIpc) is 2.94. The van der Waals surface area contributed by atoms with Crippen LogP contribution >= 0.6 is 11.6 Å². The van der Waals surface area contributed by atoms with Gasteiger partial charge in [0.05, 0.1) is 11.2 Å². The van der Waals surface area contributed by atoms with Crippen molar-refractivity contribution in [2.45, 2.75) is 19.3 Å². The van der Waals surface area contributed by atoms with Crippen LogP contribution < -0.4 is 11.1 Å². The van der Waals surface area contributed by atoms with E-state index >= 15 is 0 Å². The number of nitrogens with two attached hydrogens (primary N) is 1. The maximum absolute atomic E-state index is 11.6. The highest BCUT2D eigenvalue weighted by molar-refractivity contribution is 6.33. The molecule has 1 amide bonds. The topological polar surface area (TPSA) is 81.1 Å². The number of hydrogen-bond acceptors (Lipinski definition) is 4. The molecule has 0 radical (unpaired) electrons. The molecule has 1 aromatic carbocycles. The fourth-order valence-corrected chi connectivity index (χ4v) is 2.08. The highest BCUT2D eigenvalue weighted by Gasteiger charge is 2.10. The van der Waals surface area contributed by atoms with Gasteiger partial charge in [-0.3, -0.25) is 4.79 Å². The molecule has 21 heavy (non-hydrogen) atoms. The number of nitrogens with one attached hydrogen (secondary N) is 1. The first kappa shape index (κ1) is 15.5. The van der Waals surface area contributed by atoms with Crippen LogP contribution in [0.15, 0.2) is 34.9 Å². The van der Waals surface area contributed by atoms with Gasteiger partial charge in [0.25, 0.3) is 0 Å². The molecule has 0 bridgehead atoms. The summed E-state index contributed by atoms with van der Waals surface area (Å²) in [6, 6.07) is 7.40. The highest BCUT2D eigenvalue weighted by Crippen LogP contribution is 2.28. The monoisotopic (exact) mass is 307 g/mol. The van der Waals surface area contributed by atoms with Crippen LogP contribution in [0.25, 0.3) is 11.3 Å². The molecule has 112 valence electrons. The molecule has 0 saturated heterocycles. The standard InChI is InChI=1S/C15H18ClN3O2/c16-12-5-2-1-4-11(12)13-10-19-15(21-13)7-6-14(20)18-9-3-8-17/h1-2,4-5,10H,3,6-9,17H2,(H,18,20). The molecule has 0 atom stereocenters. The Morgan fingerprint density at radius 1 is 1.38 bits per heavy atom. The first-order valence-electron chi connectivity index (χ1n) is 6.87. The Morgan fingerprint density at radius 2 is 2.19 bits per heavy atom. The molecule has 1 heterocycles. The van der Waals surface area contributed by atoms with Crippen LogP contribution in [0.3, 0.4) is 0 Å². The number of halogens is 1. The molecule has 1 aromatic heterocycles. The summed E-state index contributed by atoms with van der Waals surface area (Å²) in [5, 5.41) is 3.40. The van der Waals surface area contributed by atoms with Gasteiger partial charge in [0.2, 0.25) is 5.91 Å². The zero-order valence-corrected chi connectivity index (χ0v) is 12.4. The maximum Gasteiger partial charge on any atom is 0.220 e. The van der Waals surface area contributed by atoms with Gasteiger partial charge in [-0.25, -0.2) is 4.98 Å². The molecule has 0 fully saturated rings. The molecule has 0 aliphatic heterocycles. The fraction of sp³-hybridized carbons (Fsp3) is 0.333. The Kier molecular flexibility index (Phi) is 5.78. The van der Waals surface area contributed by atoms with Gasteiger partial charge in [0.15, 0.2) is 11.7 Å². The van der Waals surface area contributed by atoms with E-state index in [9.17, 15) is 4.79 Å². The molecule has 2 rings (SSSR count). The van der Waals surface area contributed by atoms with Crippen molar-refractivity contribution in [2.24, 2.45) is 5.73 Å². The lowest BCUT2D eigenvalue weighted by molar-refractivity contribution is -0.121. The summed E-state index contributed by atoms with van der Waals surface area (Å²) in [7, 11) is 0. The predicted molar refractivity (Wildman–Crippen MR) is 82.0 cm³/mol. The minimum atomic E-state index is -0.0269. The summed E-state index contributed by atoms with van der Waals surface area (Å²) in [6.07, 6.45) is 3.20. The van der Waals surface area contributed by atoms with Crippen LogP contribution in [-0.2, 0) is 11.2 Å². The number of nitrogens with zero attached hydrogens (tertiary/aromatic N) is 1. The summed E-state index contributed by atoms with van der Waals surface area (Å²) < 4.78 is 5.63. The number of rotatable bonds is 7. The highest BCUT2D eigenvalue weighted by atomic mass is 35.5. The lowest BCUT2D eigenvalue weighted by Gasteiger charge is -2.02. The molecule has 0 aliphatic rings. The minimum Gasteiger partial charge on any atom is -0.441 e. The maximum atomic E-state index is 11.6. The van der Waals surface area contributed by atoms with Crippen molar-refractivity contribution in [3.05, 3.63) is 41.4 Å². The molecule has 0 unspecified atom stereocenters. The second-order valence-corrected chi connectivity index (χ2v) is 5.00. The molecule has 6 heteroatoms. The third-order valence-electron chi connectivity index (χ3n) is 2.96. The molecule has 5 nitrogen and oxygen atoms in total. The van der Waals surface area contributed by atoms with Crippen LogP contribution in [0, 0.1) is 0 Å². The molecule has 0 aliphatic carbocycles. The van der Waals surface area contributed by atoms with Crippen molar-refractivity contribution in [2.75, 3.05) is 13.1 Å². The number of aromatic nitrogens is 1. The minimum absolute atomic E-state index is 0.0269. The van der Waals surface area contributed by atoms with E-state index in [-0.39, 0.29) is 5.91 Å². The van der Waals surface area contributed by atoms with Crippen LogP contribution in [0.4, 0.5) is 0 Å². The largest absolute Gasteiger partial charge is 0.441 e. The number of benzene rings is 1. The van der Waals surface area contributed by atoms with Crippen molar-refractivity contribution in [3.8, 4) is 11.3 Å². The quantitative estimate of drug-likeness (QED) is 0.770. The van der Waals surface area contributed by atoms with Gasteiger partial charge in [-0.15, -0.1) is 0 Å². The fourth-order valence-electron chi connectivity index (χ4n) is 1.85. The molecule has 0 saturated carbocycles. The average molecular weight is 308 g/mol. The van der Waals surface area contributed by atoms with Crippen molar-refractivity contribution >= 4 is 17.5 Å². The Morgan fingerprint density at radius 3 is 2.95 bits per heavy atom. The van der Waals surface area contributed by atoms with Crippen molar-refractivity contribution < 1.29 is 9.21 Å². The summed E-state index contributed by atoms with van der Waals surface area (Å²) in [6.45, 7) is 1.17. The van der Waals surface area contributed by atoms with E-state index in [1.54, 1.807) is 12.3 Å². The molecule has 3 N–H and O–H groups in total. The van der Waals surface area contributed by atoms with Crippen molar-refractivity contribution in [1.82, 2.24) is 10.3 Å². The second kappa shape index (κ2) is 7.81. The van der Waals surface area contributed by atoms with Crippen molar-refractivity contribution in [3.63, 3.8) is 0 Å². The van der Waals surface area contributed by atoms with Gasteiger partial charge in [0.1, 0.15) is 0 Å². The number of aryl methyl sites for hydroxylation is 1. The third kappa shape index (κ3) is 4.58. The van der Waals surface area contributed by atoms with E-state index in [1.165, 1.54) is 0 Å². The number of amides is 1. The molecular formula is C15H18ClN3O2. The van der Waals surface area contributed by atoms with Gasteiger partial charge in [-0.2, -0.15) is 0 Å². The Bertz CT molecular complexity index is 598. The Labute approximate surface area is 128 Å². The Balaban J connectivity index is 1.89. The van der Waals surface area contributed by atoms with E-state index in [2.05, 4.69) is 10.3 Å². The summed E-state index contributed by atoms with van der Waals surface area (Å²) in [5.74, 6) is 1.11. The molecule has 0 spiro atoms. The first-order chi connectivity index (χ1) is 10.2. The third-order valence-corrected chi connectivity index (χ3v) is 3.29. The SMILES string of the molecule is NCCCNC(=O)CCc1ncc(-c2ccccc2Cl)o1. The van der Waals surface area contributed by atoms with Gasteiger partial charge in [-0.05, 0) is 25.1 Å². The summed E-state index contributed by atoms with van der Waals surface area (Å²) in [5.41, 5.74) is 6.16. The van der Waals surface area contributed by atoms with Crippen LogP contribution in [0.5, 0.6) is 0 Å². The summed E-state index contributed by atoms with van der Waals surface area (Å²) >= 11 is 6.10. The van der Waals surface area contributed by atoms with E-state index in [0.29, 0.717) is 42.6 Å². The normalized spacial score (nSPS) is 10.6. The van der Waals surface area contributed by atoms with Gasteiger partial charge >= 0.3 is 0 Å². The van der Waals surface area contributed by atoms with Crippen LogP contribution in [0.2, 0.25) is 5.02 Å². The van der Waals surface area contributed by atoms with E-state index < -0.39 is 0 Å². The van der Waals surface area contributed by atoms with E-state index in [0.717, 1.165) is 12.0 Å². The number of oxazole rings is 1. The first-order valence-corrected chi connectivity index (χ1v) is 7.25. The predicted octanol–water partition coefficient (Wildman–Crippen LogP) is 2.39. The molecular weight excluding hydrogens is 290 g/mol. The van der Waals surface area contributed by atoms with Gasteiger partial charge in [0, 0.05) is 24.9 Å². The number of carbonyl (C=O) groups is 1. The molecule has 2 aromatic rings. The smallest absolute Gasteiger partial charge is 0.220 e. The van der Waals surface area contributed by atoms with Crippen LogP contribution in [0.1, 0.15) is 18.7 Å². The Hall–Kier alpha value is -1.85. The van der Waals surface area contributed by atoms with Gasteiger partial charge < -0.3 is 15.5 Å². The number of carbonyl (C=O) groups excluding carboxylic acids is 1. The summed E-state index contributed by atoms with van der Waals surface area (Å²) in [4.78, 5) is 15.8. The zero-order chi connectivity index (χ0) is 15.1. The second-order valence-electron chi connectivity index (χ2n) is 4.59. The van der Waals surface area contributed by atoms with Gasteiger partial charge in [-0.1, -0.05) is 23.7 Å². The zero-order valence-electron chi connectivity index (χ0n) is 11.6. The van der Waals surface area contributed by atoms with Crippen LogP contribution in [-0.4, -0.2) is 24.0 Å².